The van der Waals surface area contributed by atoms with E-state index in [2.05, 4.69) is 13.5 Å². The summed E-state index contributed by atoms with van der Waals surface area (Å²) in [7, 11) is 0. The van der Waals surface area contributed by atoms with Crippen molar-refractivity contribution in [1.82, 2.24) is 0 Å². The number of carbonyl (C=O) groups is 1. The molecule has 0 aliphatic carbocycles. The van der Waals surface area contributed by atoms with Gasteiger partial charge in [0, 0.05) is 10.6 Å². The molecule has 2 unspecified atom stereocenters. The van der Waals surface area contributed by atoms with E-state index >= 15 is 0 Å². The molecule has 2 atom stereocenters. The molecule has 0 aliphatic rings. The van der Waals surface area contributed by atoms with Gasteiger partial charge < -0.3 is 4.74 Å². The Morgan fingerprint density at radius 2 is 1.89 bits per heavy atom. The molecule has 0 fully saturated rings. The summed E-state index contributed by atoms with van der Waals surface area (Å²) >= 11 is 5.84. The van der Waals surface area contributed by atoms with Crippen molar-refractivity contribution < 1.29 is 9.53 Å². The molecular formula is C15H19ClO2. The van der Waals surface area contributed by atoms with Gasteiger partial charge in [-0.05, 0) is 43.9 Å². The molecule has 1 aromatic rings. The number of esters is 1. The molecule has 0 radical (unpaired) electrons. The second-order valence-electron chi connectivity index (χ2n) is 4.70. The van der Waals surface area contributed by atoms with Crippen molar-refractivity contribution >= 4 is 17.6 Å². The van der Waals surface area contributed by atoms with Gasteiger partial charge in [-0.1, -0.05) is 37.2 Å². The zero-order valence-electron chi connectivity index (χ0n) is 11.1. The van der Waals surface area contributed by atoms with Crippen LogP contribution in [0.2, 0.25) is 5.02 Å². The lowest BCUT2D eigenvalue weighted by Crippen LogP contribution is -2.23. The van der Waals surface area contributed by atoms with Gasteiger partial charge >= 0.3 is 5.97 Å². The van der Waals surface area contributed by atoms with E-state index in [1.165, 1.54) is 5.56 Å². The SMILES string of the molecule is C=C(C)C(=O)OC(C)C(C)Cc1ccc(Cl)cc1. The number of halogens is 1. The van der Waals surface area contributed by atoms with E-state index in [0.717, 1.165) is 11.4 Å². The fourth-order valence-electron chi connectivity index (χ4n) is 1.54. The first kappa shape index (κ1) is 14.8. The van der Waals surface area contributed by atoms with Gasteiger partial charge in [0.2, 0.25) is 0 Å². The molecule has 0 saturated carbocycles. The second-order valence-corrected chi connectivity index (χ2v) is 5.14. The van der Waals surface area contributed by atoms with Gasteiger partial charge in [-0.25, -0.2) is 4.79 Å². The van der Waals surface area contributed by atoms with Crippen molar-refractivity contribution in [1.29, 1.82) is 0 Å². The van der Waals surface area contributed by atoms with Gasteiger partial charge in [-0.2, -0.15) is 0 Å². The number of ether oxygens (including phenoxy) is 1. The Hall–Kier alpha value is -1.28. The molecule has 0 N–H and O–H groups in total. The summed E-state index contributed by atoms with van der Waals surface area (Å²) in [6, 6.07) is 7.72. The largest absolute Gasteiger partial charge is 0.459 e. The molecule has 18 heavy (non-hydrogen) atoms. The van der Waals surface area contributed by atoms with Crippen LogP contribution in [-0.2, 0) is 16.0 Å². The Balaban J connectivity index is 2.54. The van der Waals surface area contributed by atoms with Crippen LogP contribution in [0.3, 0.4) is 0 Å². The topological polar surface area (TPSA) is 26.3 Å². The molecule has 0 amide bonds. The maximum absolute atomic E-state index is 11.4. The predicted molar refractivity (Wildman–Crippen MR) is 74.7 cm³/mol. The molecule has 0 saturated heterocycles. The Morgan fingerprint density at radius 3 is 2.39 bits per heavy atom. The Bertz CT molecular complexity index is 423. The highest BCUT2D eigenvalue weighted by molar-refractivity contribution is 6.30. The predicted octanol–water partition coefficient (Wildman–Crippen LogP) is 4.03. The highest BCUT2D eigenvalue weighted by atomic mass is 35.5. The number of hydrogen-bond donors (Lipinski definition) is 0. The lowest BCUT2D eigenvalue weighted by Gasteiger charge is -2.20. The van der Waals surface area contributed by atoms with E-state index in [4.69, 9.17) is 16.3 Å². The van der Waals surface area contributed by atoms with Gasteiger partial charge in [0.15, 0.2) is 0 Å². The normalized spacial score (nSPS) is 13.8. The maximum atomic E-state index is 11.4. The van der Waals surface area contributed by atoms with E-state index in [9.17, 15) is 4.79 Å². The summed E-state index contributed by atoms with van der Waals surface area (Å²) in [6.07, 6.45) is 0.715. The minimum Gasteiger partial charge on any atom is -0.459 e. The minimum absolute atomic E-state index is 0.134. The van der Waals surface area contributed by atoms with Crippen LogP contribution in [0.4, 0.5) is 0 Å². The first-order valence-corrected chi connectivity index (χ1v) is 6.39. The van der Waals surface area contributed by atoms with Crippen LogP contribution in [0.15, 0.2) is 36.4 Å². The van der Waals surface area contributed by atoms with E-state index in [0.29, 0.717) is 5.57 Å². The quantitative estimate of drug-likeness (QED) is 0.594. The van der Waals surface area contributed by atoms with Gasteiger partial charge in [-0.3, -0.25) is 0 Å². The Kier molecular flexibility index (Phi) is 5.42. The Labute approximate surface area is 114 Å². The monoisotopic (exact) mass is 266 g/mol. The number of carbonyl (C=O) groups excluding carboxylic acids is 1. The summed E-state index contributed by atoms with van der Waals surface area (Å²) in [4.78, 5) is 11.4. The molecule has 1 rings (SSSR count). The van der Waals surface area contributed by atoms with E-state index < -0.39 is 0 Å². The molecule has 1 aromatic carbocycles. The van der Waals surface area contributed by atoms with Crippen molar-refractivity contribution in [2.75, 3.05) is 0 Å². The summed E-state index contributed by atoms with van der Waals surface area (Å²) in [5.74, 6) is -0.0834. The van der Waals surface area contributed by atoms with Crippen molar-refractivity contribution in [2.24, 2.45) is 5.92 Å². The molecule has 0 spiro atoms. The average Bonchev–Trinajstić information content (AvgIpc) is 2.31. The number of rotatable bonds is 5. The third-order valence-electron chi connectivity index (χ3n) is 2.91. The van der Waals surface area contributed by atoms with Crippen LogP contribution >= 0.6 is 11.6 Å². The van der Waals surface area contributed by atoms with E-state index in [1.54, 1.807) is 6.92 Å². The molecule has 98 valence electrons. The second kappa shape index (κ2) is 6.60. The van der Waals surface area contributed by atoms with Crippen LogP contribution in [0.1, 0.15) is 26.3 Å². The minimum atomic E-state index is -0.328. The van der Waals surface area contributed by atoms with Crippen LogP contribution in [0.25, 0.3) is 0 Å². The van der Waals surface area contributed by atoms with Crippen LogP contribution in [0, 0.1) is 5.92 Å². The highest BCUT2D eigenvalue weighted by Gasteiger charge is 2.17. The van der Waals surface area contributed by atoms with Gasteiger partial charge in [0.25, 0.3) is 0 Å². The molecule has 3 heteroatoms. The zero-order chi connectivity index (χ0) is 13.7. The fraction of sp³-hybridized carbons (Fsp3) is 0.400. The fourth-order valence-corrected chi connectivity index (χ4v) is 1.67. The summed E-state index contributed by atoms with van der Waals surface area (Å²) in [5.41, 5.74) is 1.62. The van der Waals surface area contributed by atoms with Crippen LogP contribution in [0.5, 0.6) is 0 Å². The highest BCUT2D eigenvalue weighted by Crippen LogP contribution is 2.17. The van der Waals surface area contributed by atoms with Gasteiger partial charge in [0.05, 0.1) is 0 Å². The van der Waals surface area contributed by atoms with Gasteiger partial charge in [0.1, 0.15) is 6.10 Å². The van der Waals surface area contributed by atoms with Crippen LogP contribution < -0.4 is 0 Å². The van der Waals surface area contributed by atoms with E-state index in [-0.39, 0.29) is 18.0 Å². The number of hydrogen-bond acceptors (Lipinski definition) is 2. The molecular weight excluding hydrogens is 248 g/mol. The molecule has 2 nitrogen and oxygen atoms in total. The molecule has 0 aliphatic heterocycles. The van der Waals surface area contributed by atoms with Crippen molar-refractivity contribution in [3.05, 3.63) is 47.0 Å². The third kappa shape index (κ3) is 4.53. The zero-order valence-corrected chi connectivity index (χ0v) is 11.8. The average molecular weight is 267 g/mol. The van der Waals surface area contributed by atoms with Gasteiger partial charge in [-0.15, -0.1) is 0 Å². The summed E-state index contributed by atoms with van der Waals surface area (Å²) < 4.78 is 5.30. The standard InChI is InChI=1S/C15H19ClO2/c1-10(2)15(17)18-12(4)11(3)9-13-5-7-14(16)8-6-13/h5-8,11-12H,1,9H2,2-4H3. The first-order valence-electron chi connectivity index (χ1n) is 6.01. The van der Waals surface area contributed by atoms with Crippen molar-refractivity contribution in [3.8, 4) is 0 Å². The maximum Gasteiger partial charge on any atom is 0.333 e. The van der Waals surface area contributed by atoms with Crippen molar-refractivity contribution in [2.45, 2.75) is 33.3 Å². The molecule has 0 bridgehead atoms. The van der Waals surface area contributed by atoms with Crippen molar-refractivity contribution in [3.63, 3.8) is 0 Å². The first-order chi connectivity index (χ1) is 8.40. The molecule has 0 heterocycles. The van der Waals surface area contributed by atoms with E-state index in [1.807, 2.05) is 31.2 Å². The lowest BCUT2D eigenvalue weighted by atomic mass is 9.97. The third-order valence-corrected chi connectivity index (χ3v) is 3.17. The smallest absolute Gasteiger partial charge is 0.333 e. The van der Waals surface area contributed by atoms with Crippen LogP contribution in [-0.4, -0.2) is 12.1 Å². The number of benzene rings is 1. The molecule has 0 aromatic heterocycles. The Morgan fingerprint density at radius 1 is 1.33 bits per heavy atom. The summed E-state index contributed by atoms with van der Waals surface area (Å²) in [6.45, 7) is 9.19. The summed E-state index contributed by atoms with van der Waals surface area (Å²) in [5, 5.41) is 0.730. The lowest BCUT2D eigenvalue weighted by molar-refractivity contribution is -0.145.